The Balaban J connectivity index is 1.62. The van der Waals surface area contributed by atoms with Crippen LogP contribution in [-0.4, -0.2) is 33.5 Å². The highest BCUT2D eigenvalue weighted by atomic mass is 16.5. The molecule has 0 fully saturated rings. The van der Waals surface area contributed by atoms with E-state index in [0.29, 0.717) is 11.2 Å². The molecule has 4 rings (SSSR count). The fraction of sp³-hybridized carbons (Fsp3) is 0.0455. The zero-order valence-corrected chi connectivity index (χ0v) is 15.5. The van der Waals surface area contributed by atoms with Crippen LogP contribution in [0.3, 0.4) is 0 Å². The number of para-hydroxylation sites is 1. The Kier molecular flexibility index (Phi) is 4.70. The number of amides is 1. The number of benzene rings is 2. The van der Waals surface area contributed by atoms with Gasteiger partial charge in [0.15, 0.2) is 5.75 Å². The molecule has 144 valence electrons. The van der Waals surface area contributed by atoms with Crippen molar-refractivity contribution in [3.63, 3.8) is 0 Å². The third-order valence-electron chi connectivity index (χ3n) is 4.48. The van der Waals surface area contributed by atoms with E-state index in [4.69, 9.17) is 0 Å². The van der Waals surface area contributed by atoms with E-state index in [9.17, 15) is 14.7 Å². The number of carbonyl (C=O) groups excluding carboxylic acids is 2. The number of hydrogen-bond acceptors (Lipinski definition) is 5. The predicted octanol–water partition coefficient (Wildman–Crippen LogP) is 3.75. The average Bonchev–Trinajstić information content (AvgIpc) is 3.18. The van der Waals surface area contributed by atoms with Gasteiger partial charge in [-0.2, -0.15) is 0 Å². The van der Waals surface area contributed by atoms with E-state index in [1.54, 1.807) is 24.4 Å². The quantitative estimate of drug-likeness (QED) is 0.411. The fourth-order valence-electron chi connectivity index (χ4n) is 2.98. The number of pyridine rings is 1. The molecule has 0 aliphatic heterocycles. The maximum absolute atomic E-state index is 12.7. The van der Waals surface area contributed by atoms with Gasteiger partial charge in [-0.05, 0) is 24.3 Å². The van der Waals surface area contributed by atoms with Crippen molar-refractivity contribution >= 4 is 23.2 Å². The largest absolute Gasteiger partial charge is 0.505 e. The lowest BCUT2D eigenvalue weighted by atomic mass is 10.1. The van der Waals surface area contributed by atoms with Crippen LogP contribution in [-0.2, 0) is 4.74 Å². The van der Waals surface area contributed by atoms with E-state index in [1.165, 1.54) is 19.2 Å². The molecule has 7 heteroatoms. The number of hydrogen-bond donors (Lipinski definition) is 2. The maximum Gasteiger partial charge on any atom is 0.341 e. The zero-order chi connectivity index (χ0) is 20.4. The highest BCUT2D eigenvalue weighted by Crippen LogP contribution is 2.28. The molecular formula is C22H17N3O4. The Bertz CT molecular complexity index is 1220. The van der Waals surface area contributed by atoms with E-state index in [1.807, 2.05) is 40.9 Å². The van der Waals surface area contributed by atoms with Crippen LogP contribution in [0.25, 0.3) is 16.9 Å². The normalized spacial score (nSPS) is 10.7. The second kappa shape index (κ2) is 7.47. The molecule has 0 atom stereocenters. The van der Waals surface area contributed by atoms with Crippen molar-refractivity contribution in [3.8, 4) is 17.0 Å². The third-order valence-corrected chi connectivity index (χ3v) is 4.48. The van der Waals surface area contributed by atoms with Crippen LogP contribution in [0.15, 0.2) is 73.1 Å². The molecule has 0 aliphatic carbocycles. The summed E-state index contributed by atoms with van der Waals surface area (Å²) in [6.45, 7) is 0. The molecule has 0 bridgehead atoms. The van der Waals surface area contributed by atoms with Crippen molar-refractivity contribution in [2.24, 2.45) is 0 Å². The van der Waals surface area contributed by atoms with Crippen LogP contribution >= 0.6 is 0 Å². The number of ether oxygens (including phenoxy) is 1. The summed E-state index contributed by atoms with van der Waals surface area (Å²) in [5.74, 6) is -1.47. The Morgan fingerprint density at radius 2 is 1.86 bits per heavy atom. The number of esters is 1. The number of phenolic OH excluding ortho intramolecular Hbond substituents is 1. The zero-order valence-electron chi connectivity index (χ0n) is 15.5. The Morgan fingerprint density at radius 1 is 1.07 bits per heavy atom. The topological polar surface area (TPSA) is 92.9 Å². The summed E-state index contributed by atoms with van der Waals surface area (Å²) in [6.07, 6.45) is 3.63. The van der Waals surface area contributed by atoms with Gasteiger partial charge < -0.3 is 19.6 Å². The van der Waals surface area contributed by atoms with E-state index in [2.05, 4.69) is 15.0 Å². The molecule has 2 N–H and O–H groups in total. The van der Waals surface area contributed by atoms with Crippen LogP contribution in [0.2, 0.25) is 0 Å². The molecule has 0 saturated heterocycles. The number of methoxy groups -OCH3 is 1. The second-order valence-corrected chi connectivity index (χ2v) is 6.32. The SMILES string of the molecule is COC(=O)c1cccc(NC(=O)c2ccn3cc(-c4ccccc4)nc3c2)c1O. The summed E-state index contributed by atoms with van der Waals surface area (Å²) in [6, 6.07) is 17.5. The van der Waals surface area contributed by atoms with Crippen molar-refractivity contribution in [1.29, 1.82) is 0 Å². The van der Waals surface area contributed by atoms with Gasteiger partial charge in [0.05, 0.1) is 18.5 Å². The lowest BCUT2D eigenvalue weighted by Gasteiger charge is -2.10. The summed E-state index contributed by atoms with van der Waals surface area (Å²) in [4.78, 5) is 28.9. The first-order valence-electron chi connectivity index (χ1n) is 8.82. The van der Waals surface area contributed by atoms with E-state index < -0.39 is 11.9 Å². The monoisotopic (exact) mass is 387 g/mol. The smallest absolute Gasteiger partial charge is 0.341 e. The first kappa shape index (κ1) is 18.2. The van der Waals surface area contributed by atoms with Gasteiger partial charge in [-0.25, -0.2) is 9.78 Å². The van der Waals surface area contributed by atoms with Crippen molar-refractivity contribution < 1.29 is 19.4 Å². The van der Waals surface area contributed by atoms with Crippen LogP contribution in [0, 0.1) is 0 Å². The summed E-state index contributed by atoms with van der Waals surface area (Å²) in [5.41, 5.74) is 2.85. The van der Waals surface area contributed by atoms with Crippen molar-refractivity contribution in [3.05, 3.63) is 84.2 Å². The van der Waals surface area contributed by atoms with Crippen LogP contribution in [0.4, 0.5) is 5.69 Å². The number of imidazole rings is 1. The standard InChI is InChI=1S/C22H17N3O4/c1-29-22(28)16-8-5-9-17(20(16)26)24-21(27)15-10-11-25-13-18(23-19(25)12-15)14-6-3-2-4-7-14/h2-13,26H,1H3,(H,24,27). The first-order chi connectivity index (χ1) is 14.1. The molecule has 29 heavy (non-hydrogen) atoms. The summed E-state index contributed by atoms with van der Waals surface area (Å²) >= 11 is 0. The molecule has 0 radical (unpaired) electrons. The molecular weight excluding hydrogens is 370 g/mol. The molecule has 0 saturated carbocycles. The first-order valence-corrected chi connectivity index (χ1v) is 8.82. The van der Waals surface area contributed by atoms with Crippen molar-refractivity contribution in [2.75, 3.05) is 12.4 Å². The van der Waals surface area contributed by atoms with E-state index in [0.717, 1.165) is 11.3 Å². The van der Waals surface area contributed by atoms with Gasteiger partial charge >= 0.3 is 5.97 Å². The lowest BCUT2D eigenvalue weighted by molar-refractivity contribution is 0.0597. The van der Waals surface area contributed by atoms with Gasteiger partial charge in [0.2, 0.25) is 0 Å². The molecule has 0 aliphatic rings. The van der Waals surface area contributed by atoms with Crippen LogP contribution in [0.5, 0.6) is 5.75 Å². The number of aromatic nitrogens is 2. The summed E-state index contributed by atoms with van der Waals surface area (Å²) in [7, 11) is 1.22. The number of nitrogens with zero attached hydrogens (tertiary/aromatic N) is 2. The lowest BCUT2D eigenvalue weighted by Crippen LogP contribution is -2.13. The summed E-state index contributed by atoms with van der Waals surface area (Å²) in [5, 5.41) is 12.9. The highest BCUT2D eigenvalue weighted by Gasteiger charge is 2.17. The number of nitrogens with one attached hydrogen (secondary N) is 1. The molecule has 1 amide bonds. The van der Waals surface area contributed by atoms with Crippen LogP contribution in [0.1, 0.15) is 20.7 Å². The Labute approximate surface area is 166 Å². The molecule has 2 aromatic heterocycles. The van der Waals surface area contributed by atoms with Gasteiger partial charge in [0, 0.05) is 23.5 Å². The fourth-order valence-corrected chi connectivity index (χ4v) is 2.98. The van der Waals surface area contributed by atoms with Gasteiger partial charge in [-0.1, -0.05) is 36.4 Å². The number of fused-ring (bicyclic) bond motifs is 1. The predicted molar refractivity (Wildman–Crippen MR) is 108 cm³/mol. The van der Waals surface area contributed by atoms with E-state index in [-0.39, 0.29) is 17.0 Å². The molecule has 0 unspecified atom stereocenters. The van der Waals surface area contributed by atoms with Crippen molar-refractivity contribution in [2.45, 2.75) is 0 Å². The van der Waals surface area contributed by atoms with Gasteiger partial charge in [0.25, 0.3) is 5.91 Å². The Hall–Kier alpha value is -4.13. The van der Waals surface area contributed by atoms with Gasteiger partial charge in [-0.15, -0.1) is 0 Å². The minimum atomic E-state index is -0.689. The minimum absolute atomic E-state index is 0.0264. The number of anilines is 1. The van der Waals surface area contributed by atoms with Crippen LogP contribution < -0.4 is 5.32 Å². The Morgan fingerprint density at radius 3 is 2.62 bits per heavy atom. The number of phenols is 1. The molecule has 4 aromatic rings. The maximum atomic E-state index is 12.7. The van der Waals surface area contributed by atoms with E-state index >= 15 is 0 Å². The molecule has 0 spiro atoms. The van der Waals surface area contributed by atoms with Gasteiger partial charge in [0.1, 0.15) is 11.2 Å². The summed E-state index contributed by atoms with van der Waals surface area (Å²) < 4.78 is 6.45. The third kappa shape index (κ3) is 3.53. The number of carbonyl (C=O) groups is 2. The highest BCUT2D eigenvalue weighted by molar-refractivity contribution is 6.06. The minimum Gasteiger partial charge on any atom is -0.505 e. The second-order valence-electron chi connectivity index (χ2n) is 6.32. The van der Waals surface area contributed by atoms with Gasteiger partial charge in [-0.3, -0.25) is 4.79 Å². The molecule has 2 heterocycles. The number of rotatable bonds is 4. The average molecular weight is 387 g/mol. The molecule has 2 aromatic carbocycles. The van der Waals surface area contributed by atoms with Crippen molar-refractivity contribution in [1.82, 2.24) is 9.38 Å². The molecule has 7 nitrogen and oxygen atoms in total. The number of aromatic hydroxyl groups is 1.